The van der Waals surface area contributed by atoms with Crippen LogP contribution in [-0.4, -0.2) is 11.6 Å². The molecule has 0 unspecified atom stereocenters. The summed E-state index contributed by atoms with van der Waals surface area (Å²) in [5.41, 5.74) is 1.13. The van der Waals surface area contributed by atoms with Crippen molar-refractivity contribution in [3.8, 4) is 0 Å². The Morgan fingerprint density at radius 2 is 2.12 bits per heavy atom. The second kappa shape index (κ2) is 1.19. The maximum absolute atomic E-state index is 10.5. The van der Waals surface area contributed by atoms with Crippen LogP contribution in [0.15, 0.2) is 4.99 Å². The van der Waals surface area contributed by atoms with Crippen LogP contribution in [0.5, 0.6) is 0 Å². The zero-order valence-electron chi connectivity index (χ0n) is 4.55. The molecule has 8 heavy (non-hydrogen) atoms. The van der Waals surface area contributed by atoms with Gasteiger partial charge in [-0.15, -0.1) is 0 Å². The van der Waals surface area contributed by atoms with Gasteiger partial charge in [0.1, 0.15) is 0 Å². The first-order chi connectivity index (χ1) is 3.84. The van der Waals surface area contributed by atoms with Crippen molar-refractivity contribution in [1.29, 1.82) is 0 Å². The van der Waals surface area contributed by atoms with Gasteiger partial charge < -0.3 is 0 Å². The minimum Gasteiger partial charge on any atom is -0.273 e. The van der Waals surface area contributed by atoms with Crippen molar-refractivity contribution in [2.45, 2.75) is 19.3 Å². The van der Waals surface area contributed by atoms with Crippen LogP contribution in [0.25, 0.3) is 0 Å². The van der Waals surface area contributed by atoms with E-state index in [1.807, 2.05) is 0 Å². The van der Waals surface area contributed by atoms with Crippen LogP contribution in [0.2, 0.25) is 0 Å². The molecule has 1 fully saturated rings. The van der Waals surface area contributed by atoms with Crippen LogP contribution in [0.4, 0.5) is 0 Å². The minimum atomic E-state index is 0.0995. The Hall–Kier alpha value is -0.660. The average Bonchev–Trinajstić information content (AvgIpc) is 1.62. The molecule has 3 rings (SSSR count). The zero-order valence-corrected chi connectivity index (χ0v) is 4.55. The topological polar surface area (TPSA) is 29.4 Å². The van der Waals surface area contributed by atoms with E-state index < -0.39 is 0 Å². The summed E-state index contributed by atoms with van der Waals surface area (Å²) < 4.78 is 0. The highest BCUT2D eigenvalue weighted by Crippen LogP contribution is 2.31. The van der Waals surface area contributed by atoms with Crippen molar-refractivity contribution in [3.63, 3.8) is 0 Å². The molecular formula is C6H7NO. The van der Waals surface area contributed by atoms with E-state index in [1.165, 1.54) is 0 Å². The minimum absolute atomic E-state index is 0.0995. The standard InChI is InChI=1S/C6H7NO/c8-6-3-4-1-5(2-4)7-6/h4H,1-3H2. The molecule has 2 heteroatoms. The molecule has 1 amide bonds. The Morgan fingerprint density at radius 1 is 1.38 bits per heavy atom. The molecule has 0 aromatic rings. The highest BCUT2D eigenvalue weighted by Gasteiger charge is 2.31. The van der Waals surface area contributed by atoms with Crippen LogP contribution in [0, 0.1) is 5.92 Å². The quantitative estimate of drug-likeness (QED) is 0.451. The number of carbonyl (C=O) groups is 1. The second-order valence-corrected chi connectivity index (χ2v) is 2.55. The third-order valence-corrected chi connectivity index (χ3v) is 1.79. The lowest BCUT2D eigenvalue weighted by Gasteiger charge is -2.30. The monoisotopic (exact) mass is 109 g/mol. The maximum Gasteiger partial charge on any atom is 0.245 e. The number of nitrogens with zero attached hydrogens (tertiary/aromatic N) is 1. The van der Waals surface area contributed by atoms with Gasteiger partial charge in [0.05, 0.1) is 0 Å². The predicted octanol–water partition coefficient (Wildman–Crippen LogP) is 0.768. The normalized spacial score (nSPS) is 27.0. The third-order valence-electron chi connectivity index (χ3n) is 1.79. The second-order valence-electron chi connectivity index (χ2n) is 2.55. The van der Waals surface area contributed by atoms with E-state index in [0.717, 1.165) is 18.6 Å². The van der Waals surface area contributed by atoms with Crippen molar-refractivity contribution < 1.29 is 4.79 Å². The van der Waals surface area contributed by atoms with Crippen molar-refractivity contribution in [3.05, 3.63) is 0 Å². The van der Waals surface area contributed by atoms with Gasteiger partial charge in [0.25, 0.3) is 0 Å². The molecule has 42 valence electrons. The zero-order chi connectivity index (χ0) is 5.56. The summed E-state index contributed by atoms with van der Waals surface area (Å²) in [5, 5.41) is 0. The number of carbonyl (C=O) groups excluding carboxylic acids is 1. The molecular weight excluding hydrogens is 102 g/mol. The fraction of sp³-hybridized carbons (Fsp3) is 0.667. The summed E-state index contributed by atoms with van der Waals surface area (Å²) in [7, 11) is 0. The largest absolute Gasteiger partial charge is 0.273 e. The van der Waals surface area contributed by atoms with Gasteiger partial charge >= 0.3 is 0 Å². The molecule has 2 bridgehead atoms. The van der Waals surface area contributed by atoms with Crippen LogP contribution in [0.3, 0.4) is 0 Å². The number of hydrogen-bond donors (Lipinski definition) is 0. The third kappa shape index (κ3) is 0.427. The van der Waals surface area contributed by atoms with E-state index in [9.17, 15) is 4.79 Å². The molecule has 1 saturated carbocycles. The maximum atomic E-state index is 10.5. The molecule has 1 aliphatic carbocycles. The molecule has 0 spiro atoms. The molecule has 0 radical (unpaired) electrons. The van der Waals surface area contributed by atoms with Gasteiger partial charge in [-0.05, 0) is 18.8 Å². The lowest BCUT2D eigenvalue weighted by Crippen LogP contribution is -2.31. The smallest absolute Gasteiger partial charge is 0.245 e. The van der Waals surface area contributed by atoms with Crippen LogP contribution >= 0.6 is 0 Å². The molecule has 0 aromatic heterocycles. The fourth-order valence-electron chi connectivity index (χ4n) is 1.31. The van der Waals surface area contributed by atoms with Gasteiger partial charge in [-0.2, -0.15) is 0 Å². The first-order valence-electron chi connectivity index (χ1n) is 2.94. The van der Waals surface area contributed by atoms with Gasteiger partial charge in [-0.1, -0.05) is 0 Å². The van der Waals surface area contributed by atoms with Crippen molar-refractivity contribution in [1.82, 2.24) is 0 Å². The Balaban J connectivity index is 2.31. The van der Waals surface area contributed by atoms with E-state index in [0.29, 0.717) is 12.3 Å². The molecule has 0 aromatic carbocycles. The highest BCUT2D eigenvalue weighted by molar-refractivity contribution is 6.03. The summed E-state index contributed by atoms with van der Waals surface area (Å²) in [6, 6.07) is 0. The molecule has 0 saturated heterocycles. The molecule has 2 nitrogen and oxygen atoms in total. The van der Waals surface area contributed by atoms with Gasteiger partial charge in [-0.25, -0.2) is 4.99 Å². The van der Waals surface area contributed by atoms with E-state index in [4.69, 9.17) is 0 Å². The number of amides is 1. The molecule has 0 N–H and O–H groups in total. The highest BCUT2D eigenvalue weighted by atomic mass is 16.1. The van der Waals surface area contributed by atoms with Crippen LogP contribution < -0.4 is 0 Å². The number of rotatable bonds is 0. The summed E-state index contributed by atoms with van der Waals surface area (Å²) in [5.74, 6) is 0.775. The average molecular weight is 109 g/mol. The van der Waals surface area contributed by atoms with Crippen LogP contribution in [-0.2, 0) is 4.79 Å². The van der Waals surface area contributed by atoms with Crippen molar-refractivity contribution >= 4 is 11.6 Å². The van der Waals surface area contributed by atoms with Crippen LogP contribution in [0.1, 0.15) is 19.3 Å². The summed E-state index contributed by atoms with van der Waals surface area (Å²) in [4.78, 5) is 14.3. The number of fused-ring (bicyclic) bond motifs is 2. The number of hydrogen-bond acceptors (Lipinski definition) is 1. The first-order valence-corrected chi connectivity index (χ1v) is 2.94. The van der Waals surface area contributed by atoms with E-state index in [-0.39, 0.29) is 5.91 Å². The molecule has 3 aliphatic rings. The summed E-state index contributed by atoms with van der Waals surface area (Å²) in [6.45, 7) is 0. The summed E-state index contributed by atoms with van der Waals surface area (Å²) >= 11 is 0. The van der Waals surface area contributed by atoms with E-state index >= 15 is 0 Å². The Kier molecular flexibility index (Phi) is 0.629. The Labute approximate surface area is 47.6 Å². The Morgan fingerprint density at radius 3 is 2.38 bits per heavy atom. The lowest BCUT2D eigenvalue weighted by molar-refractivity contribution is -0.119. The van der Waals surface area contributed by atoms with E-state index in [1.54, 1.807) is 0 Å². The molecule has 0 atom stereocenters. The van der Waals surface area contributed by atoms with Crippen molar-refractivity contribution in [2.75, 3.05) is 0 Å². The van der Waals surface area contributed by atoms with Gasteiger partial charge in [-0.3, -0.25) is 4.79 Å². The van der Waals surface area contributed by atoms with Crippen molar-refractivity contribution in [2.24, 2.45) is 10.9 Å². The first kappa shape index (κ1) is 4.24. The molecule has 2 heterocycles. The lowest BCUT2D eigenvalue weighted by atomic mass is 9.78. The predicted molar refractivity (Wildman–Crippen MR) is 29.8 cm³/mol. The number of aliphatic imine (C=N–C) groups is 1. The SMILES string of the molecule is O=C1CC2CC(=N1)C2. The van der Waals surface area contributed by atoms with Gasteiger partial charge in [0.2, 0.25) is 5.91 Å². The summed E-state index contributed by atoms with van der Waals surface area (Å²) in [6.07, 6.45) is 2.92. The molecule has 2 aliphatic heterocycles. The van der Waals surface area contributed by atoms with E-state index in [2.05, 4.69) is 4.99 Å². The van der Waals surface area contributed by atoms with Gasteiger partial charge in [0.15, 0.2) is 0 Å². The van der Waals surface area contributed by atoms with Gasteiger partial charge in [0, 0.05) is 12.1 Å². The fourth-order valence-corrected chi connectivity index (χ4v) is 1.31. The Bertz CT molecular complexity index is 163.